The molecule has 2 heterocycles. The number of hydrogen-bond acceptors (Lipinski definition) is 11. The molecular weight excluding hydrogens is 518 g/mol. The van der Waals surface area contributed by atoms with E-state index in [0.717, 1.165) is 37.3 Å². The van der Waals surface area contributed by atoms with Gasteiger partial charge in [0.2, 0.25) is 15.8 Å². The Labute approximate surface area is 217 Å². The third-order valence-electron chi connectivity index (χ3n) is 5.74. The van der Waals surface area contributed by atoms with E-state index in [1.165, 1.54) is 6.07 Å². The van der Waals surface area contributed by atoms with E-state index in [2.05, 4.69) is 30.5 Å². The molecule has 1 aliphatic heterocycles. The summed E-state index contributed by atoms with van der Waals surface area (Å²) in [5.41, 5.74) is 5.96. The third-order valence-corrected chi connectivity index (χ3v) is 8.24. The summed E-state index contributed by atoms with van der Waals surface area (Å²) in [4.78, 5) is 29.0. The van der Waals surface area contributed by atoms with Gasteiger partial charge in [-0.2, -0.15) is 4.72 Å². The fourth-order valence-corrected chi connectivity index (χ4v) is 6.14. The number of benzene rings is 2. The zero-order chi connectivity index (χ0) is 26.4. The van der Waals surface area contributed by atoms with E-state index in [-0.39, 0.29) is 16.2 Å². The topological polar surface area (TPSA) is 189 Å². The largest absolute Gasteiger partial charge is 0.480 e. The van der Waals surface area contributed by atoms with E-state index in [4.69, 9.17) is 5.73 Å². The number of sulfonamides is 1. The smallest absolute Gasteiger partial charge is 0.323 e. The number of carbonyl (C=O) groups excluding carboxylic acids is 1. The van der Waals surface area contributed by atoms with Crippen LogP contribution in [0, 0.1) is 0 Å². The summed E-state index contributed by atoms with van der Waals surface area (Å²) in [5, 5.41) is 25.6. The molecule has 0 saturated carbocycles. The van der Waals surface area contributed by atoms with Crippen LogP contribution in [-0.4, -0.2) is 73.2 Å². The second-order valence-corrected chi connectivity index (χ2v) is 11.1. The Bertz CT molecular complexity index is 1400. The number of carboxylic acid groups (broad SMARTS) is 1. The molecule has 0 bridgehead atoms. The van der Waals surface area contributed by atoms with Crippen molar-refractivity contribution in [2.24, 2.45) is 10.7 Å². The Balaban J connectivity index is 1.39. The average molecular weight is 546 g/mol. The highest BCUT2D eigenvalue weighted by atomic mass is 32.2. The van der Waals surface area contributed by atoms with Gasteiger partial charge in [0.15, 0.2) is 11.3 Å². The van der Waals surface area contributed by atoms with E-state index < -0.39 is 33.9 Å². The number of aliphatic imine (C=N–C) groups is 1. The summed E-state index contributed by atoms with van der Waals surface area (Å²) in [6.07, 6.45) is 3.98. The van der Waals surface area contributed by atoms with Crippen molar-refractivity contribution in [2.75, 3.05) is 13.1 Å². The molecule has 14 heteroatoms. The number of nitrogens with zero attached hydrogens (tertiary/aromatic N) is 3. The number of carbonyl (C=O) groups is 2. The molecule has 0 spiro atoms. The van der Waals surface area contributed by atoms with Crippen LogP contribution in [0.3, 0.4) is 0 Å². The number of Topliss-reactive ketones (excluding diaryl/α,β-unsaturated/α-hetero) is 1. The fourth-order valence-electron chi connectivity index (χ4n) is 3.83. The zero-order valence-corrected chi connectivity index (χ0v) is 21.3. The van der Waals surface area contributed by atoms with Gasteiger partial charge in [-0.1, -0.05) is 47.7 Å². The summed E-state index contributed by atoms with van der Waals surface area (Å²) in [5.74, 6) is -2.38. The van der Waals surface area contributed by atoms with Gasteiger partial charge in [-0.15, -0.1) is 10.2 Å². The maximum absolute atomic E-state index is 13.1. The molecule has 0 fully saturated rings. The highest BCUT2D eigenvalue weighted by Gasteiger charge is 2.37. The Morgan fingerprint density at radius 3 is 2.70 bits per heavy atom. The number of nitrogens with one attached hydrogen (secondary N) is 3. The van der Waals surface area contributed by atoms with Gasteiger partial charge in [0.1, 0.15) is 11.0 Å². The van der Waals surface area contributed by atoms with Crippen molar-refractivity contribution < 1.29 is 23.1 Å². The molecule has 37 heavy (non-hydrogen) atoms. The summed E-state index contributed by atoms with van der Waals surface area (Å²) in [7, 11) is -4.33. The van der Waals surface area contributed by atoms with Crippen molar-refractivity contribution in [3.63, 3.8) is 0 Å². The molecule has 1 aromatic heterocycles. The van der Waals surface area contributed by atoms with E-state index in [0.29, 0.717) is 22.2 Å². The molecule has 0 radical (unpaired) electrons. The minimum Gasteiger partial charge on any atom is -0.480 e. The lowest BCUT2D eigenvalue weighted by molar-refractivity contribution is -0.139. The molecule has 196 valence electrons. The molecule has 3 atom stereocenters. The molecular formula is C23H27N7O5S2. The lowest BCUT2D eigenvalue weighted by atomic mass is 10.1. The van der Waals surface area contributed by atoms with E-state index in [1.807, 2.05) is 6.21 Å². The number of aromatic nitrogens is 2. The van der Waals surface area contributed by atoms with Crippen LogP contribution >= 0.6 is 11.3 Å². The Kier molecular flexibility index (Phi) is 8.68. The molecule has 1 aliphatic rings. The lowest BCUT2D eigenvalue weighted by Crippen LogP contribution is -2.55. The summed E-state index contributed by atoms with van der Waals surface area (Å²) in [6.45, 7) is 1.50. The van der Waals surface area contributed by atoms with E-state index in [1.54, 1.807) is 36.4 Å². The van der Waals surface area contributed by atoms with Gasteiger partial charge in [0.25, 0.3) is 0 Å². The van der Waals surface area contributed by atoms with E-state index in [9.17, 15) is 23.1 Å². The van der Waals surface area contributed by atoms with Crippen molar-refractivity contribution >= 4 is 50.1 Å². The molecule has 0 aliphatic carbocycles. The van der Waals surface area contributed by atoms with Gasteiger partial charge in [-0.25, -0.2) is 8.42 Å². The number of aryl methyl sites for hydroxylation is 1. The lowest BCUT2D eigenvalue weighted by Gasteiger charge is -2.20. The first-order valence-electron chi connectivity index (χ1n) is 11.6. The van der Waals surface area contributed by atoms with Crippen LogP contribution in [0.2, 0.25) is 0 Å². The predicted molar refractivity (Wildman–Crippen MR) is 139 cm³/mol. The molecule has 0 amide bonds. The SMILES string of the molecule is NC(C(=O)c1nnc(CCCCN[C@@H]2N=CCN2)s1)C(NS(=O)(=O)c1cccc2ccccc12)C(=O)O. The molecule has 2 unspecified atom stereocenters. The van der Waals surface area contributed by atoms with Crippen LogP contribution in [0.5, 0.6) is 0 Å². The molecule has 3 aromatic rings. The maximum Gasteiger partial charge on any atom is 0.323 e. The summed E-state index contributed by atoms with van der Waals surface area (Å²) in [6, 6.07) is 7.84. The van der Waals surface area contributed by atoms with Gasteiger partial charge in [0, 0.05) is 24.6 Å². The number of hydrogen-bond donors (Lipinski definition) is 5. The first kappa shape index (κ1) is 26.9. The van der Waals surface area contributed by atoms with Crippen LogP contribution < -0.4 is 21.1 Å². The normalized spacial score (nSPS) is 17.2. The number of unbranched alkanes of at least 4 members (excludes halogenated alkanes) is 1. The van der Waals surface area contributed by atoms with Gasteiger partial charge < -0.3 is 10.8 Å². The van der Waals surface area contributed by atoms with Gasteiger partial charge >= 0.3 is 5.97 Å². The first-order valence-corrected chi connectivity index (χ1v) is 13.9. The van der Waals surface area contributed by atoms with Crippen molar-refractivity contribution in [2.45, 2.75) is 42.5 Å². The van der Waals surface area contributed by atoms with Crippen LogP contribution in [0.15, 0.2) is 52.4 Å². The second-order valence-electron chi connectivity index (χ2n) is 8.36. The number of aliphatic carboxylic acids is 1. The zero-order valence-electron chi connectivity index (χ0n) is 19.7. The monoisotopic (exact) mass is 545 g/mol. The number of nitrogens with two attached hydrogens (primary N) is 1. The highest BCUT2D eigenvalue weighted by molar-refractivity contribution is 7.89. The van der Waals surface area contributed by atoms with Crippen molar-refractivity contribution in [3.8, 4) is 0 Å². The van der Waals surface area contributed by atoms with Crippen LogP contribution in [-0.2, 0) is 21.2 Å². The van der Waals surface area contributed by atoms with Gasteiger partial charge in [-0.05, 0) is 30.8 Å². The molecule has 12 nitrogen and oxygen atoms in total. The Hall–Kier alpha value is -3.14. The quantitative estimate of drug-likeness (QED) is 0.149. The standard InChI is InChI=1S/C23H27N7O5S2/c24-18(20(31)21-29-28-17(36-21)10-3-4-11-25-23-26-12-13-27-23)19(22(32)33)30-37(34,35)16-9-5-7-14-6-1-2-8-15(14)16/h1-2,5-9,12,18-19,23,25,27,30H,3-4,10-11,13,24H2,(H,32,33)/t18?,19?,23-/m1/s1. The van der Waals surface area contributed by atoms with Gasteiger partial charge in [0.05, 0.1) is 10.9 Å². The number of rotatable bonds is 13. The van der Waals surface area contributed by atoms with Crippen LogP contribution in [0.1, 0.15) is 27.7 Å². The summed E-state index contributed by atoms with van der Waals surface area (Å²) < 4.78 is 28.3. The fraction of sp³-hybridized carbons (Fsp3) is 0.348. The Morgan fingerprint density at radius 2 is 1.95 bits per heavy atom. The van der Waals surface area contributed by atoms with Crippen molar-refractivity contribution in [1.29, 1.82) is 0 Å². The second kappa shape index (κ2) is 11.9. The number of carboxylic acids is 1. The predicted octanol–water partition coefficient (Wildman–Crippen LogP) is 0.503. The number of ketones is 1. The van der Waals surface area contributed by atoms with Crippen molar-refractivity contribution in [3.05, 3.63) is 52.5 Å². The maximum atomic E-state index is 13.1. The Morgan fingerprint density at radius 1 is 1.16 bits per heavy atom. The summed E-state index contributed by atoms with van der Waals surface area (Å²) >= 11 is 1.02. The third kappa shape index (κ3) is 6.60. The molecule has 0 saturated heterocycles. The first-order chi connectivity index (χ1) is 17.8. The minimum absolute atomic E-state index is 0.0625. The van der Waals surface area contributed by atoms with Crippen LogP contribution in [0.4, 0.5) is 0 Å². The van der Waals surface area contributed by atoms with Gasteiger partial charge in [-0.3, -0.25) is 25.2 Å². The molecule has 6 N–H and O–H groups in total. The van der Waals surface area contributed by atoms with Crippen molar-refractivity contribution in [1.82, 2.24) is 25.6 Å². The molecule has 2 aromatic carbocycles. The minimum atomic E-state index is -4.33. The molecule has 4 rings (SSSR count). The average Bonchev–Trinajstić information content (AvgIpc) is 3.58. The van der Waals surface area contributed by atoms with Crippen LogP contribution in [0.25, 0.3) is 10.8 Å². The number of fused-ring (bicyclic) bond motifs is 1. The highest BCUT2D eigenvalue weighted by Crippen LogP contribution is 2.23. The van der Waals surface area contributed by atoms with E-state index >= 15 is 0 Å².